The third-order valence-electron chi connectivity index (χ3n) is 2.22. The molecule has 2 nitrogen and oxygen atoms in total. The molecular weight excluding hydrogens is 164 g/mol. The van der Waals surface area contributed by atoms with Gasteiger partial charge in [-0.25, -0.2) is 4.79 Å². The fourth-order valence-electron chi connectivity index (χ4n) is 1.25. The van der Waals surface area contributed by atoms with Gasteiger partial charge in [0.05, 0.1) is 7.11 Å². The topological polar surface area (TPSA) is 26.3 Å². The van der Waals surface area contributed by atoms with Gasteiger partial charge in [0.25, 0.3) is 0 Å². The summed E-state index contributed by atoms with van der Waals surface area (Å²) in [6, 6.07) is 0. The van der Waals surface area contributed by atoms with E-state index in [1.165, 1.54) is 38.9 Å². The third-order valence-corrected chi connectivity index (χ3v) is 2.22. The Bertz CT molecular complexity index is 181. The van der Waals surface area contributed by atoms with Crippen LogP contribution < -0.4 is 0 Å². The normalized spacial score (nSPS) is 16.4. The number of ether oxygens (including phenoxy) is 1. The maximum atomic E-state index is 10.6. The Morgan fingerprint density at radius 3 is 3.00 bits per heavy atom. The summed E-state index contributed by atoms with van der Waals surface area (Å²) in [5.41, 5.74) is 0. The molecule has 0 aromatic carbocycles. The van der Waals surface area contributed by atoms with Crippen LogP contribution in [0.3, 0.4) is 0 Å². The van der Waals surface area contributed by atoms with Crippen LogP contribution >= 0.6 is 0 Å². The van der Waals surface area contributed by atoms with Gasteiger partial charge < -0.3 is 4.74 Å². The van der Waals surface area contributed by atoms with Gasteiger partial charge in [-0.15, -0.1) is 0 Å². The number of rotatable bonds is 6. The lowest BCUT2D eigenvalue weighted by Crippen LogP contribution is -1.93. The molecule has 0 spiro atoms. The van der Waals surface area contributed by atoms with E-state index in [1.807, 2.05) is 6.08 Å². The summed E-state index contributed by atoms with van der Waals surface area (Å²) in [6.07, 6.45) is 11.8. The highest BCUT2D eigenvalue weighted by atomic mass is 16.5. The molecule has 1 rings (SSSR count). The summed E-state index contributed by atoms with van der Waals surface area (Å²) in [7, 11) is 1.40. The van der Waals surface area contributed by atoms with Crippen LogP contribution in [-0.2, 0) is 9.53 Å². The molecule has 0 aromatic heterocycles. The second-order valence-corrected chi connectivity index (χ2v) is 3.44. The number of esters is 1. The molecule has 0 heterocycles. The zero-order valence-corrected chi connectivity index (χ0v) is 8.16. The van der Waals surface area contributed by atoms with Gasteiger partial charge in [0.2, 0.25) is 0 Å². The molecule has 1 atom stereocenters. The van der Waals surface area contributed by atoms with Crippen LogP contribution in [0, 0.1) is 12.3 Å². The van der Waals surface area contributed by atoms with Crippen LogP contribution in [0.15, 0.2) is 12.2 Å². The fourth-order valence-corrected chi connectivity index (χ4v) is 1.25. The number of hydrogen-bond acceptors (Lipinski definition) is 2. The number of hydrogen-bond donors (Lipinski definition) is 0. The van der Waals surface area contributed by atoms with E-state index in [-0.39, 0.29) is 5.97 Å². The molecular formula is C11H17O2. The SMILES string of the molecule is COC(=O)C=CCCCCC1[CH]C1. The van der Waals surface area contributed by atoms with E-state index in [1.54, 1.807) is 0 Å². The second-order valence-electron chi connectivity index (χ2n) is 3.44. The first-order valence-corrected chi connectivity index (χ1v) is 4.90. The molecule has 0 saturated heterocycles. The van der Waals surface area contributed by atoms with Gasteiger partial charge in [-0.1, -0.05) is 18.9 Å². The molecule has 73 valence electrons. The molecule has 1 fully saturated rings. The van der Waals surface area contributed by atoms with E-state index < -0.39 is 0 Å². The molecule has 0 aromatic rings. The van der Waals surface area contributed by atoms with Crippen molar-refractivity contribution in [3.8, 4) is 0 Å². The molecule has 1 aliphatic rings. The van der Waals surface area contributed by atoms with Crippen LogP contribution in [0.4, 0.5) is 0 Å². The van der Waals surface area contributed by atoms with Gasteiger partial charge in [-0.2, -0.15) is 0 Å². The smallest absolute Gasteiger partial charge is 0.330 e. The lowest BCUT2D eigenvalue weighted by molar-refractivity contribution is -0.134. The van der Waals surface area contributed by atoms with E-state index in [4.69, 9.17) is 0 Å². The molecule has 1 saturated carbocycles. The lowest BCUT2D eigenvalue weighted by atomic mass is 10.1. The maximum absolute atomic E-state index is 10.6. The largest absolute Gasteiger partial charge is 0.466 e. The number of methoxy groups -OCH3 is 1. The summed E-state index contributed by atoms with van der Waals surface area (Å²) >= 11 is 0. The number of carbonyl (C=O) groups excluding carboxylic acids is 1. The fraction of sp³-hybridized carbons (Fsp3) is 0.636. The predicted octanol–water partition coefficient (Wildman–Crippen LogP) is 2.50. The highest BCUT2D eigenvalue weighted by Crippen LogP contribution is 2.32. The molecule has 1 radical (unpaired) electrons. The van der Waals surface area contributed by atoms with E-state index in [9.17, 15) is 4.79 Å². The molecule has 2 heteroatoms. The maximum Gasteiger partial charge on any atom is 0.330 e. The molecule has 0 aliphatic heterocycles. The van der Waals surface area contributed by atoms with Crippen LogP contribution in [0.5, 0.6) is 0 Å². The average molecular weight is 181 g/mol. The van der Waals surface area contributed by atoms with Crippen molar-refractivity contribution in [1.29, 1.82) is 0 Å². The first-order valence-electron chi connectivity index (χ1n) is 4.90. The second kappa shape index (κ2) is 5.79. The van der Waals surface area contributed by atoms with Crippen LogP contribution in [0.25, 0.3) is 0 Å². The molecule has 0 N–H and O–H groups in total. The van der Waals surface area contributed by atoms with Crippen molar-refractivity contribution < 1.29 is 9.53 Å². The quantitative estimate of drug-likeness (QED) is 0.357. The first kappa shape index (κ1) is 10.3. The minimum Gasteiger partial charge on any atom is -0.466 e. The summed E-state index contributed by atoms with van der Waals surface area (Å²) in [6.45, 7) is 0. The predicted molar refractivity (Wildman–Crippen MR) is 52.0 cm³/mol. The van der Waals surface area contributed by atoms with E-state index in [0.717, 1.165) is 12.3 Å². The number of carbonyl (C=O) groups is 1. The third kappa shape index (κ3) is 5.45. The molecule has 1 unspecified atom stereocenters. The summed E-state index contributed by atoms with van der Waals surface area (Å²) in [5.74, 6) is 0.653. The highest BCUT2D eigenvalue weighted by molar-refractivity contribution is 5.81. The van der Waals surface area contributed by atoms with E-state index in [0.29, 0.717) is 0 Å². The molecule has 13 heavy (non-hydrogen) atoms. The van der Waals surface area contributed by atoms with Crippen molar-refractivity contribution in [3.05, 3.63) is 18.6 Å². The van der Waals surface area contributed by atoms with Crippen molar-refractivity contribution in [1.82, 2.24) is 0 Å². The summed E-state index contributed by atoms with van der Waals surface area (Å²) in [5, 5.41) is 0. The Balaban J connectivity index is 1.87. The van der Waals surface area contributed by atoms with Crippen molar-refractivity contribution >= 4 is 5.97 Å². The minimum absolute atomic E-state index is 0.254. The zero-order chi connectivity index (χ0) is 9.52. The molecule has 0 bridgehead atoms. The van der Waals surface area contributed by atoms with Gasteiger partial charge in [0.1, 0.15) is 0 Å². The standard InChI is InChI=1S/C11H17O2/c1-13-11(12)7-5-3-2-4-6-10-8-9-10/h5,7-8,10H,2-4,6,9H2,1H3. The minimum atomic E-state index is -0.254. The van der Waals surface area contributed by atoms with E-state index >= 15 is 0 Å². The Morgan fingerprint density at radius 2 is 2.38 bits per heavy atom. The van der Waals surface area contributed by atoms with Crippen LogP contribution in [0.1, 0.15) is 32.1 Å². The highest BCUT2D eigenvalue weighted by Gasteiger charge is 2.20. The molecule has 1 aliphatic carbocycles. The Morgan fingerprint density at radius 1 is 1.62 bits per heavy atom. The summed E-state index contributed by atoms with van der Waals surface area (Å²) < 4.78 is 4.47. The van der Waals surface area contributed by atoms with Crippen molar-refractivity contribution in [2.75, 3.05) is 7.11 Å². The Hall–Kier alpha value is -0.790. The van der Waals surface area contributed by atoms with Crippen LogP contribution in [-0.4, -0.2) is 13.1 Å². The van der Waals surface area contributed by atoms with E-state index in [2.05, 4.69) is 11.2 Å². The van der Waals surface area contributed by atoms with Gasteiger partial charge in [0, 0.05) is 6.08 Å². The van der Waals surface area contributed by atoms with Crippen molar-refractivity contribution in [3.63, 3.8) is 0 Å². The first-order chi connectivity index (χ1) is 6.33. The number of allylic oxidation sites excluding steroid dienone is 1. The molecule has 0 amide bonds. The zero-order valence-electron chi connectivity index (χ0n) is 8.16. The summed E-state index contributed by atoms with van der Waals surface area (Å²) in [4.78, 5) is 10.6. The van der Waals surface area contributed by atoms with Gasteiger partial charge in [-0.05, 0) is 31.6 Å². The monoisotopic (exact) mass is 181 g/mol. The van der Waals surface area contributed by atoms with Gasteiger partial charge in [0.15, 0.2) is 0 Å². The van der Waals surface area contributed by atoms with Gasteiger partial charge >= 0.3 is 5.97 Å². The van der Waals surface area contributed by atoms with Crippen molar-refractivity contribution in [2.24, 2.45) is 5.92 Å². The Kier molecular flexibility index (Phi) is 4.58. The number of unbranched alkanes of at least 4 members (excludes halogenated alkanes) is 2. The van der Waals surface area contributed by atoms with Crippen molar-refractivity contribution in [2.45, 2.75) is 32.1 Å². The van der Waals surface area contributed by atoms with Gasteiger partial charge in [-0.3, -0.25) is 0 Å². The average Bonchev–Trinajstić information content (AvgIpc) is 2.94. The van der Waals surface area contributed by atoms with Crippen LogP contribution in [0.2, 0.25) is 0 Å². The lowest BCUT2D eigenvalue weighted by Gasteiger charge is -1.95. The Labute approximate surface area is 80.0 Å².